The van der Waals surface area contributed by atoms with Crippen LogP contribution in [0, 0.1) is 6.92 Å². The van der Waals surface area contributed by atoms with E-state index in [0.29, 0.717) is 16.7 Å². The van der Waals surface area contributed by atoms with Gasteiger partial charge in [0.05, 0.1) is 17.2 Å². The third-order valence-electron chi connectivity index (χ3n) is 2.04. The number of nitrogens with one attached hydrogen (secondary N) is 2. The van der Waals surface area contributed by atoms with Crippen molar-refractivity contribution in [1.82, 2.24) is 20.5 Å². The van der Waals surface area contributed by atoms with E-state index in [4.69, 9.17) is 0 Å². The summed E-state index contributed by atoms with van der Waals surface area (Å²) in [5.41, 5.74) is 0.863. The molecule has 0 radical (unpaired) electrons. The van der Waals surface area contributed by atoms with E-state index in [0.717, 1.165) is 17.2 Å². The number of aryl methyl sites for hydroxylation is 1. The van der Waals surface area contributed by atoms with Crippen molar-refractivity contribution in [3.05, 3.63) is 21.1 Å². The van der Waals surface area contributed by atoms with Crippen LogP contribution in [0.1, 0.15) is 27.4 Å². The molecule has 0 saturated carbocycles. The molecule has 1 amide bonds. The normalized spacial score (nSPS) is 10.3. The minimum absolute atomic E-state index is 0.220. The zero-order valence-corrected chi connectivity index (χ0v) is 11.7. The summed E-state index contributed by atoms with van der Waals surface area (Å²) in [5.74, 6) is -0.220. The molecule has 0 bridgehead atoms. The second-order valence-electron chi connectivity index (χ2n) is 3.48. The van der Waals surface area contributed by atoms with E-state index in [2.05, 4.69) is 25.8 Å². The molecule has 0 aliphatic carbocycles. The highest BCUT2D eigenvalue weighted by Gasteiger charge is 2.12. The Balaban J connectivity index is 1.90. The molecule has 0 atom stereocenters. The van der Waals surface area contributed by atoms with Gasteiger partial charge in [0.25, 0.3) is 5.91 Å². The molecule has 0 fully saturated rings. The van der Waals surface area contributed by atoms with Crippen LogP contribution >= 0.6 is 22.7 Å². The fourth-order valence-corrected chi connectivity index (χ4v) is 2.61. The molecule has 2 aromatic rings. The summed E-state index contributed by atoms with van der Waals surface area (Å²) in [6.45, 7) is 5.07. The van der Waals surface area contributed by atoms with Crippen molar-refractivity contribution < 1.29 is 4.79 Å². The Bertz CT molecular complexity index is 536. The van der Waals surface area contributed by atoms with E-state index >= 15 is 0 Å². The topological polar surface area (TPSA) is 79.8 Å². The van der Waals surface area contributed by atoms with Gasteiger partial charge in [-0.1, -0.05) is 11.3 Å². The number of hydrogen-bond donors (Lipinski definition) is 2. The third kappa shape index (κ3) is 3.23. The fraction of sp³-hybridized carbons (Fsp3) is 0.400. The molecule has 96 valence electrons. The van der Waals surface area contributed by atoms with Crippen molar-refractivity contribution in [1.29, 1.82) is 0 Å². The van der Waals surface area contributed by atoms with E-state index in [9.17, 15) is 4.79 Å². The Morgan fingerprint density at radius 2 is 2.28 bits per heavy atom. The number of aromatic nitrogens is 3. The van der Waals surface area contributed by atoms with E-state index in [-0.39, 0.29) is 5.91 Å². The second kappa shape index (κ2) is 5.87. The van der Waals surface area contributed by atoms with Crippen molar-refractivity contribution in [2.24, 2.45) is 0 Å². The largest absolute Gasteiger partial charge is 0.360 e. The highest BCUT2D eigenvalue weighted by Crippen LogP contribution is 2.14. The lowest BCUT2D eigenvalue weighted by molar-refractivity contribution is 0.0949. The molecule has 6 nitrogen and oxygen atoms in total. The molecule has 0 aliphatic heterocycles. The smallest absolute Gasteiger partial charge is 0.282 e. The molecule has 0 aliphatic rings. The fourth-order valence-electron chi connectivity index (χ4n) is 1.27. The summed E-state index contributed by atoms with van der Waals surface area (Å²) in [5, 5.41) is 17.4. The second-order valence-corrected chi connectivity index (χ2v) is 5.52. The summed E-state index contributed by atoms with van der Waals surface area (Å²) in [4.78, 5) is 16.1. The molecule has 2 rings (SSSR count). The van der Waals surface area contributed by atoms with Crippen LogP contribution in [0.3, 0.4) is 0 Å². The lowest BCUT2D eigenvalue weighted by Crippen LogP contribution is -2.22. The molecular weight excluding hydrogens is 270 g/mol. The van der Waals surface area contributed by atoms with E-state index in [1.54, 1.807) is 11.3 Å². The van der Waals surface area contributed by atoms with E-state index in [1.165, 1.54) is 11.3 Å². The first-order chi connectivity index (χ1) is 8.69. The summed E-state index contributed by atoms with van der Waals surface area (Å²) in [6.07, 6.45) is 0. The predicted molar refractivity (Wildman–Crippen MR) is 72.1 cm³/mol. The van der Waals surface area contributed by atoms with Crippen molar-refractivity contribution >= 4 is 33.7 Å². The zero-order chi connectivity index (χ0) is 13.0. The Kier molecular flexibility index (Phi) is 4.21. The lowest BCUT2D eigenvalue weighted by atomic mass is 10.4. The van der Waals surface area contributed by atoms with Crippen molar-refractivity contribution in [2.45, 2.75) is 20.4 Å². The summed E-state index contributed by atoms with van der Waals surface area (Å²) in [6, 6.07) is 0. The molecule has 2 aromatic heterocycles. The average molecular weight is 283 g/mol. The SMILES string of the molecule is CCNc1nnc(C(=O)NCc2csc(C)n2)s1. The maximum absolute atomic E-state index is 11.8. The maximum atomic E-state index is 11.8. The van der Waals surface area contributed by atoms with Gasteiger partial charge in [0.1, 0.15) is 0 Å². The Hall–Kier alpha value is -1.54. The number of anilines is 1. The van der Waals surface area contributed by atoms with Gasteiger partial charge in [0.2, 0.25) is 10.1 Å². The summed E-state index contributed by atoms with van der Waals surface area (Å²) >= 11 is 2.81. The monoisotopic (exact) mass is 283 g/mol. The number of rotatable bonds is 5. The van der Waals surface area contributed by atoms with Gasteiger partial charge in [-0.3, -0.25) is 4.79 Å². The van der Waals surface area contributed by atoms with Crippen molar-refractivity contribution in [3.63, 3.8) is 0 Å². The molecule has 2 heterocycles. The van der Waals surface area contributed by atoms with Gasteiger partial charge in [-0.25, -0.2) is 4.98 Å². The van der Waals surface area contributed by atoms with Gasteiger partial charge in [-0.05, 0) is 13.8 Å². The van der Waals surface area contributed by atoms with Crippen LogP contribution in [0.4, 0.5) is 5.13 Å². The Morgan fingerprint density at radius 1 is 1.44 bits per heavy atom. The average Bonchev–Trinajstić information content (AvgIpc) is 2.96. The molecule has 0 spiro atoms. The number of hydrogen-bond acceptors (Lipinski definition) is 7. The van der Waals surface area contributed by atoms with Crippen LogP contribution in [-0.4, -0.2) is 27.6 Å². The molecule has 8 heteroatoms. The number of carbonyl (C=O) groups is 1. The van der Waals surface area contributed by atoms with Crippen LogP contribution in [0.5, 0.6) is 0 Å². The lowest BCUT2D eigenvalue weighted by Gasteiger charge is -1.98. The maximum Gasteiger partial charge on any atom is 0.282 e. The molecular formula is C10H13N5OS2. The number of carbonyl (C=O) groups excluding carboxylic acids is 1. The predicted octanol–water partition coefficient (Wildman–Crippen LogP) is 1.66. The minimum Gasteiger partial charge on any atom is -0.360 e. The Morgan fingerprint density at radius 3 is 2.94 bits per heavy atom. The standard InChI is InChI=1S/C10H13N5OS2/c1-3-11-10-15-14-9(18-10)8(16)12-4-7-5-17-6(2)13-7/h5H,3-4H2,1-2H3,(H,11,15)(H,12,16). The van der Waals surface area contributed by atoms with Gasteiger partial charge in [-0.2, -0.15) is 0 Å². The third-order valence-corrected chi connectivity index (χ3v) is 3.75. The molecule has 18 heavy (non-hydrogen) atoms. The number of nitrogens with zero attached hydrogens (tertiary/aromatic N) is 3. The Labute approximate surface area is 112 Å². The highest BCUT2D eigenvalue weighted by molar-refractivity contribution is 7.17. The van der Waals surface area contributed by atoms with Gasteiger partial charge in [0, 0.05) is 11.9 Å². The van der Waals surface area contributed by atoms with Crippen molar-refractivity contribution in [3.8, 4) is 0 Å². The van der Waals surface area contributed by atoms with Gasteiger partial charge >= 0.3 is 0 Å². The first kappa shape index (κ1) is 12.9. The summed E-state index contributed by atoms with van der Waals surface area (Å²) < 4.78 is 0. The highest BCUT2D eigenvalue weighted by atomic mass is 32.1. The van der Waals surface area contributed by atoms with Crippen molar-refractivity contribution in [2.75, 3.05) is 11.9 Å². The van der Waals surface area contributed by atoms with Crippen LogP contribution in [-0.2, 0) is 6.54 Å². The van der Waals surface area contributed by atoms with Gasteiger partial charge in [0.15, 0.2) is 0 Å². The van der Waals surface area contributed by atoms with Gasteiger partial charge in [-0.15, -0.1) is 21.5 Å². The molecule has 0 aromatic carbocycles. The molecule has 0 unspecified atom stereocenters. The first-order valence-corrected chi connectivity index (χ1v) is 7.15. The van der Waals surface area contributed by atoms with Crippen LogP contribution in [0.25, 0.3) is 0 Å². The van der Waals surface area contributed by atoms with Crippen LogP contribution < -0.4 is 10.6 Å². The van der Waals surface area contributed by atoms with Crippen LogP contribution in [0.2, 0.25) is 0 Å². The minimum atomic E-state index is -0.220. The number of amides is 1. The summed E-state index contributed by atoms with van der Waals surface area (Å²) in [7, 11) is 0. The molecule has 2 N–H and O–H groups in total. The van der Waals surface area contributed by atoms with Crippen LogP contribution in [0.15, 0.2) is 5.38 Å². The van der Waals surface area contributed by atoms with Gasteiger partial charge < -0.3 is 10.6 Å². The first-order valence-electron chi connectivity index (χ1n) is 5.45. The molecule has 0 saturated heterocycles. The van der Waals surface area contributed by atoms with E-state index < -0.39 is 0 Å². The quantitative estimate of drug-likeness (QED) is 0.872. The zero-order valence-electron chi connectivity index (χ0n) is 10.1. The van der Waals surface area contributed by atoms with E-state index in [1.807, 2.05) is 19.2 Å². The number of thiazole rings is 1.